The van der Waals surface area contributed by atoms with Gasteiger partial charge in [0.25, 0.3) is 0 Å². The van der Waals surface area contributed by atoms with Gasteiger partial charge in [0.1, 0.15) is 0 Å². The zero-order chi connectivity index (χ0) is 7.07. The molecule has 0 aromatic carbocycles. The molecule has 1 heterocycles. The summed E-state index contributed by atoms with van der Waals surface area (Å²) in [5.41, 5.74) is 1.19. The molecule has 0 unspecified atom stereocenters. The fourth-order valence-corrected chi connectivity index (χ4v) is 1.36. The Morgan fingerprint density at radius 1 is 1.56 bits per heavy atom. The van der Waals surface area contributed by atoms with Crippen molar-refractivity contribution in [3.05, 3.63) is 5.21 Å². The van der Waals surface area contributed by atoms with Crippen molar-refractivity contribution >= 4 is 5.71 Å². The standard InChI is InChI=1S/C7H13NO/c1-6-4-7(2,3)5-8(6)9/h4-5H2,1-3H3. The summed E-state index contributed by atoms with van der Waals surface area (Å²) < 4.78 is 1.10. The minimum atomic E-state index is 0.214. The maximum atomic E-state index is 10.9. The fourth-order valence-electron chi connectivity index (χ4n) is 1.36. The zero-order valence-electron chi connectivity index (χ0n) is 6.27. The van der Waals surface area contributed by atoms with E-state index in [4.69, 9.17) is 0 Å². The Balaban J connectivity index is 2.70. The van der Waals surface area contributed by atoms with Crippen LogP contribution < -0.4 is 0 Å². The van der Waals surface area contributed by atoms with Gasteiger partial charge in [-0.3, -0.25) is 0 Å². The molecule has 1 aliphatic heterocycles. The fraction of sp³-hybridized carbons (Fsp3) is 0.857. The van der Waals surface area contributed by atoms with Gasteiger partial charge in [-0.15, -0.1) is 0 Å². The van der Waals surface area contributed by atoms with Crippen molar-refractivity contribution in [2.24, 2.45) is 5.41 Å². The van der Waals surface area contributed by atoms with Gasteiger partial charge in [-0.1, -0.05) is 13.8 Å². The maximum Gasteiger partial charge on any atom is 0.161 e. The molecule has 0 bridgehead atoms. The van der Waals surface area contributed by atoms with Crippen molar-refractivity contribution < 1.29 is 4.74 Å². The van der Waals surface area contributed by atoms with Gasteiger partial charge in [-0.05, 0) is 0 Å². The molecular formula is C7H13NO. The number of nitrogens with zero attached hydrogens (tertiary/aromatic N) is 1. The molecule has 2 nitrogen and oxygen atoms in total. The molecule has 0 fully saturated rings. The first-order valence-corrected chi connectivity index (χ1v) is 3.28. The molecule has 0 saturated carbocycles. The van der Waals surface area contributed by atoms with Crippen LogP contribution in [0, 0.1) is 10.6 Å². The van der Waals surface area contributed by atoms with Gasteiger partial charge >= 0.3 is 0 Å². The quantitative estimate of drug-likeness (QED) is 0.356. The van der Waals surface area contributed by atoms with Crippen LogP contribution in [0.5, 0.6) is 0 Å². The molecule has 0 spiro atoms. The van der Waals surface area contributed by atoms with Gasteiger partial charge in [-0.25, -0.2) is 4.74 Å². The first-order valence-electron chi connectivity index (χ1n) is 3.28. The van der Waals surface area contributed by atoms with E-state index in [0.29, 0.717) is 6.54 Å². The number of hydrogen-bond donors (Lipinski definition) is 0. The van der Waals surface area contributed by atoms with E-state index in [-0.39, 0.29) is 5.41 Å². The summed E-state index contributed by atoms with van der Waals surface area (Å²) >= 11 is 0. The van der Waals surface area contributed by atoms with Gasteiger partial charge in [-0.2, -0.15) is 0 Å². The number of hydrogen-bond acceptors (Lipinski definition) is 1. The largest absolute Gasteiger partial charge is 0.624 e. The van der Waals surface area contributed by atoms with Crippen LogP contribution in [-0.4, -0.2) is 17.0 Å². The van der Waals surface area contributed by atoms with E-state index >= 15 is 0 Å². The molecule has 1 aliphatic rings. The van der Waals surface area contributed by atoms with Crippen LogP contribution in [0.1, 0.15) is 27.2 Å². The highest BCUT2D eigenvalue weighted by atomic mass is 16.5. The van der Waals surface area contributed by atoms with Crippen LogP contribution >= 0.6 is 0 Å². The molecule has 0 aromatic rings. The summed E-state index contributed by atoms with van der Waals surface area (Å²) in [6, 6.07) is 0. The molecule has 0 saturated heterocycles. The Bertz CT molecular complexity index is 142. The lowest BCUT2D eigenvalue weighted by Crippen LogP contribution is -2.14. The molecule has 0 amide bonds. The summed E-state index contributed by atoms with van der Waals surface area (Å²) in [5.74, 6) is 0. The lowest BCUT2D eigenvalue weighted by atomic mass is 9.91. The first-order chi connectivity index (χ1) is 4.01. The monoisotopic (exact) mass is 127 g/mol. The Morgan fingerprint density at radius 2 is 2.11 bits per heavy atom. The van der Waals surface area contributed by atoms with Crippen LogP contribution in [0.15, 0.2) is 0 Å². The van der Waals surface area contributed by atoms with Crippen molar-refractivity contribution in [2.45, 2.75) is 27.2 Å². The molecule has 52 valence electrons. The highest BCUT2D eigenvalue weighted by molar-refractivity contribution is 5.78. The molecule has 0 N–H and O–H groups in total. The Morgan fingerprint density at radius 3 is 2.22 bits per heavy atom. The van der Waals surface area contributed by atoms with Crippen molar-refractivity contribution in [2.75, 3.05) is 6.54 Å². The zero-order valence-corrected chi connectivity index (χ0v) is 6.27. The van der Waals surface area contributed by atoms with E-state index in [2.05, 4.69) is 13.8 Å². The minimum Gasteiger partial charge on any atom is -0.624 e. The average molecular weight is 127 g/mol. The van der Waals surface area contributed by atoms with E-state index in [1.54, 1.807) is 0 Å². The second kappa shape index (κ2) is 1.72. The Kier molecular flexibility index (Phi) is 1.26. The maximum absolute atomic E-state index is 10.9. The molecule has 2 heteroatoms. The summed E-state index contributed by atoms with van der Waals surface area (Å²) in [6.07, 6.45) is 0.955. The molecule has 9 heavy (non-hydrogen) atoms. The predicted molar refractivity (Wildman–Crippen MR) is 37.6 cm³/mol. The van der Waals surface area contributed by atoms with Gasteiger partial charge in [0.2, 0.25) is 0 Å². The first kappa shape index (κ1) is 6.59. The van der Waals surface area contributed by atoms with Crippen LogP contribution in [-0.2, 0) is 0 Å². The summed E-state index contributed by atoms with van der Waals surface area (Å²) in [5, 5.41) is 10.9. The SMILES string of the molecule is CC1=[N+]([O-])CC(C)(C)C1. The van der Waals surface area contributed by atoms with Crippen molar-refractivity contribution in [3.63, 3.8) is 0 Å². The lowest BCUT2D eigenvalue weighted by molar-refractivity contribution is -0.460. The molecule has 0 aromatic heterocycles. The number of rotatable bonds is 0. The third-order valence-electron chi connectivity index (χ3n) is 1.73. The smallest absolute Gasteiger partial charge is 0.161 e. The average Bonchev–Trinajstić information content (AvgIpc) is 1.79. The number of hydroxylamine groups is 1. The minimum absolute atomic E-state index is 0.214. The van der Waals surface area contributed by atoms with Gasteiger partial charge in [0, 0.05) is 18.8 Å². The molecule has 0 aliphatic carbocycles. The molecule has 0 atom stereocenters. The summed E-state index contributed by atoms with van der Waals surface area (Å²) in [4.78, 5) is 0. The highest BCUT2D eigenvalue weighted by Gasteiger charge is 2.32. The summed E-state index contributed by atoms with van der Waals surface area (Å²) in [7, 11) is 0. The van der Waals surface area contributed by atoms with E-state index in [0.717, 1.165) is 16.9 Å². The molecule has 1 rings (SSSR count). The van der Waals surface area contributed by atoms with E-state index in [1.165, 1.54) is 0 Å². The van der Waals surface area contributed by atoms with Crippen molar-refractivity contribution in [1.82, 2.24) is 0 Å². The topological polar surface area (TPSA) is 26.1 Å². The second-order valence-corrected chi connectivity index (χ2v) is 3.61. The predicted octanol–water partition coefficient (Wildman–Crippen LogP) is 1.39. The highest BCUT2D eigenvalue weighted by Crippen LogP contribution is 2.25. The van der Waals surface area contributed by atoms with Crippen LogP contribution in [0.3, 0.4) is 0 Å². The van der Waals surface area contributed by atoms with E-state index < -0.39 is 0 Å². The van der Waals surface area contributed by atoms with Gasteiger partial charge in [0.15, 0.2) is 12.3 Å². The Hall–Kier alpha value is -0.530. The molecular weight excluding hydrogens is 114 g/mol. The van der Waals surface area contributed by atoms with E-state index in [9.17, 15) is 5.21 Å². The van der Waals surface area contributed by atoms with Gasteiger partial charge < -0.3 is 5.21 Å². The third-order valence-corrected chi connectivity index (χ3v) is 1.73. The van der Waals surface area contributed by atoms with Crippen molar-refractivity contribution in [3.8, 4) is 0 Å². The molecule has 0 radical (unpaired) electrons. The third kappa shape index (κ3) is 1.23. The van der Waals surface area contributed by atoms with Crippen LogP contribution in [0.4, 0.5) is 0 Å². The Labute approximate surface area is 55.8 Å². The van der Waals surface area contributed by atoms with E-state index in [1.807, 2.05) is 6.92 Å². The lowest BCUT2D eigenvalue weighted by Gasteiger charge is -2.10. The second-order valence-electron chi connectivity index (χ2n) is 3.61. The van der Waals surface area contributed by atoms with Gasteiger partial charge in [0.05, 0.1) is 0 Å². The van der Waals surface area contributed by atoms with Crippen LogP contribution in [0.25, 0.3) is 0 Å². The normalized spacial score (nSPS) is 25.2. The summed E-state index contributed by atoms with van der Waals surface area (Å²) in [6.45, 7) is 6.81. The van der Waals surface area contributed by atoms with Crippen LogP contribution in [0.2, 0.25) is 0 Å². The van der Waals surface area contributed by atoms with Crippen molar-refractivity contribution in [1.29, 1.82) is 0 Å².